The maximum absolute atomic E-state index is 12.8. The molecule has 1 unspecified atom stereocenters. The molecule has 1 fully saturated rings. The third-order valence-corrected chi connectivity index (χ3v) is 4.36. The summed E-state index contributed by atoms with van der Waals surface area (Å²) < 4.78 is 38.5. The molecule has 0 bridgehead atoms. The Balaban J connectivity index is 1.73. The van der Waals surface area contributed by atoms with Gasteiger partial charge in [0.15, 0.2) is 0 Å². The number of likely N-dealkylation sites (N-methyl/N-ethyl adjacent to an activating group) is 1. The lowest BCUT2D eigenvalue weighted by Crippen LogP contribution is -2.36. The number of halogens is 3. The molecule has 1 atom stereocenters. The first kappa shape index (κ1) is 17.4. The standard InChI is InChI=1S/C16H19F3N6/c1-3-11-8-14(22-10-21-11)25-7-5-12(9-25)24(2)15-20-6-4-13(23-15)16(17,18)19/h4,6,8,10,12H,3,5,7,9H2,1-2H3. The molecule has 1 saturated heterocycles. The summed E-state index contributed by atoms with van der Waals surface area (Å²) in [5.74, 6) is 0.923. The van der Waals surface area contributed by atoms with Gasteiger partial charge in [0, 0.05) is 38.1 Å². The Kier molecular flexibility index (Phi) is 4.73. The normalized spacial score (nSPS) is 17.8. The molecule has 0 spiro atoms. The average molecular weight is 352 g/mol. The number of aryl methyl sites for hydroxylation is 1. The Bertz CT molecular complexity index is 736. The first-order chi connectivity index (χ1) is 11.9. The Labute approximate surface area is 143 Å². The third kappa shape index (κ3) is 3.80. The number of hydrogen-bond acceptors (Lipinski definition) is 6. The maximum atomic E-state index is 12.8. The molecule has 134 valence electrons. The summed E-state index contributed by atoms with van der Waals surface area (Å²) in [5.41, 5.74) is 0.0330. The van der Waals surface area contributed by atoms with Gasteiger partial charge < -0.3 is 9.80 Å². The molecular weight excluding hydrogens is 333 g/mol. The third-order valence-electron chi connectivity index (χ3n) is 4.36. The van der Waals surface area contributed by atoms with E-state index in [4.69, 9.17) is 0 Å². The molecule has 0 N–H and O–H groups in total. The van der Waals surface area contributed by atoms with Gasteiger partial charge in [0.25, 0.3) is 0 Å². The molecule has 0 radical (unpaired) electrons. The molecule has 6 nitrogen and oxygen atoms in total. The molecule has 1 aliphatic heterocycles. The molecule has 0 aromatic carbocycles. The number of nitrogens with zero attached hydrogens (tertiary/aromatic N) is 6. The predicted molar refractivity (Wildman–Crippen MR) is 87.5 cm³/mol. The minimum atomic E-state index is -4.47. The van der Waals surface area contributed by atoms with Gasteiger partial charge in [-0.1, -0.05) is 6.92 Å². The van der Waals surface area contributed by atoms with Crippen LogP contribution in [0.15, 0.2) is 24.7 Å². The second kappa shape index (κ2) is 6.81. The topological polar surface area (TPSA) is 58.0 Å². The lowest BCUT2D eigenvalue weighted by Gasteiger charge is -2.25. The lowest BCUT2D eigenvalue weighted by molar-refractivity contribution is -0.141. The van der Waals surface area contributed by atoms with Crippen molar-refractivity contribution in [3.8, 4) is 0 Å². The molecular formula is C16H19F3N6. The average Bonchev–Trinajstić information content (AvgIpc) is 3.10. The highest BCUT2D eigenvalue weighted by molar-refractivity contribution is 5.43. The van der Waals surface area contributed by atoms with E-state index < -0.39 is 11.9 Å². The van der Waals surface area contributed by atoms with Crippen LogP contribution in [0.2, 0.25) is 0 Å². The number of anilines is 2. The lowest BCUT2D eigenvalue weighted by atomic mass is 10.2. The van der Waals surface area contributed by atoms with Crippen LogP contribution in [0.5, 0.6) is 0 Å². The van der Waals surface area contributed by atoms with Gasteiger partial charge in [0.1, 0.15) is 17.8 Å². The summed E-state index contributed by atoms with van der Waals surface area (Å²) >= 11 is 0. The van der Waals surface area contributed by atoms with E-state index in [9.17, 15) is 13.2 Å². The van der Waals surface area contributed by atoms with Crippen LogP contribution in [0.3, 0.4) is 0 Å². The monoisotopic (exact) mass is 352 g/mol. The van der Waals surface area contributed by atoms with Crippen molar-refractivity contribution in [1.82, 2.24) is 19.9 Å². The van der Waals surface area contributed by atoms with Crippen LogP contribution in [0.25, 0.3) is 0 Å². The summed E-state index contributed by atoms with van der Waals surface area (Å²) in [7, 11) is 1.72. The van der Waals surface area contributed by atoms with Crippen molar-refractivity contribution in [3.63, 3.8) is 0 Å². The largest absolute Gasteiger partial charge is 0.433 e. The SMILES string of the molecule is CCc1cc(N2CCC(N(C)c3nccc(C(F)(F)F)n3)C2)ncn1. The molecule has 1 aliphatic rings. The van der Waals surface area contributed by atoms with E-state index in [1.807, 2.05) is 13.0 Å². The van der Waals surface area contributed by atoms with Gasteiger partial charge in [0.2, 0.25) is 5.95 Å². The number of aromatic nitrogens is 4. The van der Waals surface area contributed by atoms with Crippen molar-refractivity contribution >= 4 is 11.8 Å². The van der Waals surface area contributed by atoms with Gasteiger partial charge in [-0.25, -0.2) is 19.9 Å². The van der Waals surface area contributed by atoms with Crippen molar-refractivity contribution in [2.75, 3.05) is 29.9 Å². The van der Waals surface area contributed by atoms with E-state index in [-0.39, 0.29) is 12.0 Å². The van der Waals surface area contributed by atoms with Crippen LogP contribution in [0.4, 0.5) is 24.9 Å². The Hall–Kier alpha value is -2.45. The van der Waals surface area contributed by atoms with Gasteiger partial charge in [-0.15, -0.1) is 0 Å². The molecule has 0 aliphatic carbocycles. The van der Waals surface area contributed by atoms with Crippen LogP contribution in [0, 0.1) is 0 Å². The van der Waals surface area contributed by atoms with Crippen LogP contribution in [-0.4, -0.2) is 46.1 Å². The molecule has 3 heterocycles. The van der Waals surface area contributed by atoms with Gasteiger partial charge in [-0.2, -0.15) is 13.2 Å². The predicted octanol–water partition coefficient (Wildman–Crippen LogP) is 2.56. The van der Waals surface area contributed by atoms with E-state index in [0.717, 1.165) is 43.2 Å². The second-order valence-electron chi connectivity index (χ2n) is 5.96. The van der Waals surface area contributed by atoms with Crippen molar-refractivity contribution in [1.29, 1.82) is 0 Å². The summed E-state index contributed by atoms with van der Waals surface area (Å²) in [6.45, 7) is 3.45. The highest BCUT2D eigenvalue weighted by Gasteiger charge is 2.34. The summed E-state index contributed by atoms with van der Waals surface area (Å²) in [5, 5.41) is 0. The zero-order chi connectivity index (χ0) is 18.0. The quantitative estimate of drug-likeness (QED) is 0.843. The maximum Gasteiger partial charge on any atom is 0.433 e. The minimum absolute atomic E-state index is 0.0172. The fourth-order valence-corrected chi connectivity index (χ4v) is 2.86. The second-order valence-corrected chi connectivity index (χ2v) is 5.96. The number of rotatable bonds is 4. The highest BCUT2D eigenvalue weighted by atomic mass is 19.4. The van der Waals surface area contributed by atoms with Crippen molar-refractivity contribution < 1.29 is 13.2 Å². The van der Waals surface area contributed by atoms with Crippen LogP contribution in [-0.2, 0) is 12.6 Å². The van der Waals surface area contributed by atoms with Crippen LogP contribution < -0.4 is 9.80 Å². The van der Waals surface area contributed by atoms with E-state index >= 15 is 0 Å². The van der Waals surface area contributed by atoms with Gasteiger partial charge in [0.05, 0.1) is 6.04 Å². The molecule has 2 aromatic rings. The van der Waals surface area contributed by atoms with E-state index in [0.29, 0.717) is 6.54 Å². The molecule has 3 rings (SSSR count). The van der Waals surface area contributed by atoms with Crippen LogP contribution >= 0.6 is 0 Å². The molecule has 25 heavy (non-hydrogen) atoms. The molecule has 2 aromatic heterocycles. The number of hydrogen-bond donors (Lipinski definition) is 0. The Morgan fingerprint density at radius 1 is 1.28 bits per heavy atom. The first-order valence-corrected chi connectivity index (χ1v) is 8.07. The zero-order valence-electron chi connectivity index (χ0n) is 14.0. The van der Waals surface area contributed by atoms with E-state index in [1.54, 1.807) is 18.3 Å². The Morgan fingerprint density at radius 3 is 2.80 bits per heavy atom. The fourth-order valence-electron chi connectivity index (χ4n) is 2.86. The first-order valence-electron chi connectivity index (χ1n) is 8.07. The molecule has 0 amide bonds. The fraction of sp³-hybridized carbons (Fsp3) is 0.500. The van der Waals surface area contributed by atoms with Gasteiger partial charge in [-0.3, -0.25) is 0 Å². The minimum Gasteiger partial charge on any atom is -0.354 e. The highest BCUT2D eigenvalue weighted by Crippen LogP contribution is 2.29. The summed E-state index contributed by atoms with van der Waals surface area (Å²) in [6, 6.07) is 2.85. The molecule has 9 heteroatoms. The summed E-state index contributed by atoms with van der Waals surface area (Å²) in [4.78, 5) is 20.0. The van der Waals surface area contributed by atoms with E-state index in [2.05, 4.69) is 24.8 Å². The van der Waals surface area contributed by atoms with Gasteiger partial charge in [-0.05, 0) is 18.9 Å². The van der Waals surface area contributed by atoms with E-state index in [1.165, 1.54) is 0 Å². The Morgan fingerprint density at radius 2 is 2.08 bits per heavy atom. The van der Waals surface area contributed by atoms with Crippen LogP contribution in [0.1, 0.15) is 24.7 Å². The van der Waals surface area contributed by atoms with Crippen molar-refractivity contribution in [2.45, 2.75) is 32.0 Å². The smallest absolute Gasteiger partial charge is 0.354 e. The summed E-state index contributed by atoms with van der Waals surface area (Å²) in [6.07, 6.45) is -0.169. The molecule has 0 saturated carbocycles. The number of alkyl halides is 3. The van der Waals surface area contributed by atoms with Crippen molar-refractivity contribution in [3.05, 3.63) is 36.0 Å². The van der Waals surface area contributed by atoms with Gasteiger partial charge >= 0.3 is 6.18 Å². The zero-order valence-corrected chi connectivity index (χ0v) is 14.0. The van der Waals surface area contributed by atoms with Crippen molar-refractivity contribution in [2.24, 2.45) is 0 Å².